The van der Waals surface area contributed by atoms with Crippen LogP contribution in [-0.2, 0) is 11.8 Å². The van der Waals surface area contributed by atoms with Crippen LogP contribution < -0.4 is 0 Å². The summed E-state index contributed by atoms with van der Waals surface area (Å²) in [5, 5.41) is 4.08. The maximum absolute atomic E-state index is 12.8. The maximum Gasteiger partial charge on any atom is 0.257 e. The lowest BCUT2D eigenvalue weighted by Crippen LogP contribution is -2.51. The second-order valence-corrected chi connectivity index (χ2v) is 5.79. The third-order valence-electron chi connectivity index (χ3n) is 4.22. The van der Waals surface area contributed by atoms with Crippen molar-refractivity contribution in [2.45, 2.75) is 13.0 Å². The van der Waals surface area contributed by atoms with Crippen molar-refractivity contribution in [2.24, 2.45) is 7.05 Å². The van der Waals surface area contributed by atoms with E-state index in [1.165, 1.54) is 0 Å². The minimum atomic E-state index is -0.137. The molecule has 2 aromatic rings. The van der Waals surface area contributed by atoms with Crippen LogP contribution >= 0.6 is 0 Å². The van der Waals surface area contributed by atoms with Gasteiger partial charge < -0.3 is 9.80 Å². The lowest BCUT2D eigenvalue weighted by Gasteiger charge is -2.41. The fourth-order valence-corrected chi connectivity index (χ4v) is 2.97. The molecule has 120 valence electrons. The second-order valence-electron chi connectivity index (χ2n) is 5.79. The number of amides is 2. The highest BCUT2D eigenvalue weighted by molar-refractivity contribution is 5.94. The second kappa shape index (κ2) is 6.24. The molecule has 1 aromatic carbocycles. The summed E-state index contributed by atoms with van der Waals surface area (Å²) in [6, 6.07) is 9.71. The number of carbonyl (C=O) groups excluding carboxylic acids is 2. The van der Waals surface area contributed by atoms with Crippen molar-refractivity contribution in [2.75, 3.05) is 19.6 Å². The van der Waals surface area contributed by atoms with Crippen LogP contribution in [0.2, 0.25) is 0 Å². The summed E-state index contributed by atoms with van der Waals surface area (Å²) >= 11 is 0. The van der Waals surface area contributed by atoms with E-state index in [1.54, 1.807) is 35.9 Å². The molecule has 2 heterocycles. The van der Waals surface area contributed by atoms with Gasteiger partial charge >= 0.3 is 0 Å². The van der Waals surface area contributed by atoms with E-state index in [0.717, 1.165) is 5.56 Å². The van der Waals surface area contributed by atoms with Gasteiger partial charge in [0.1, 0.15) is 0 Å². The summed E-state index contributed by atoms with van der Waals surface area (Å²) in [4.78, 5) is 28.2. The number of hydrogen-bond donors (Lipinski definition) is 0. The van der Waals surface area contributed by atoms with Crippen LogP contribution in [0.15, 0.2) is 42.7 Å². The molecule has 1 aromatic heterocycles. The first-order valence-corrected chi connectivity index (χ1v) is 7.66. The van der Waals surface area contributed by atoms with Crippen LogP contribution in [0.5, 0.6) is 0 Å². The number of rotatable bonds is 2. The Hall–Kier alpha value is -2.63. The molecule has 0 N–H and O–H groups in total. The molecule has 3 rings (SSSR count). The average molecular weight is 312 g/mol. The van der Waals surface area contributed by atoms with Crippen molar-refractivity contribution >= 4 is 11.8 Å². The van der Waals surface area contributed by atoms with Crippen molar-refractivity contribution in [3.05, 3.63) is 53.9 Å². The summed E-state index contributed by atoms with van der Waals surface area (Å²) in [7, 11) is 1.79. The number of piperazine rings is 1. The average Bonchev–Trinajstić information content (AvgIpc) is 3.01. The van der Waals surface area contributed by atoms with Gasteiger partial charge in [-0.05, 0) is 5.56 Å². The zero-order valence-electron chi connectivity index (χ0n) is 13.3. The van der Waals surface area contributed by atoms with Crippen LogP contribution in [0.3, 0.4) is 0 Å². The highest BCUT2D eigenvalue weighted by atomic mass is 16.2. The van der Waals surface area contributed by atoms with Gasteiger partial charge in [-0.2, -0.15) is 5.10 Å². The molecule has 6 nitrogen and oxygen atoms in total. The van der Waals surface area contributed by atoms with Crippen LogP contribution in [0, 0.1) is 0 Å². The largest absolute Gasteiger partial charge is 0.339 e. The van der Waals surface area contributed by atoms with Gasteiger partial charge in [-0.3, -0.25) is 14.3 Å². The molecule has 1 saturated heterocycles. The molecule has 2 amide bonds. The number of benzene rings is 1. The molecule has 0 spiro atoms. The Morgan fingerprint density at radius 2 is 1.91 bits per heavy atom. The van der Waals surface area contributed by atoms with Gasteiger partial charge in [-0.15, -0.1) is 0 Å². The first kappa shape index (κ1) is 15.3. The monoisotopic (exact) mass is 312 g/mol. The summed E-state index contributed by atoms with van der Waals surface area (Å²) < 4.78 is 1.62. The van der Waals surface area contributed by atoms with E-state index in [1.807, 2.05) is 35.2 Å². The number of aryl methyl sites for hydroxylation is 1. The molecule has 0 saturated carbocycles. The van der Waals surface area contributed by atoms with Crippen molar-refractivity contribution in [1.29, 1.82) is 0 Å². The number of carbonyl (C=O) groups is 2. The lowest BCUT2D eigenvalue weighted by atomic mass is 10.0. The zero-order chi connectivity index (χ0) is 16.4. The molecule has 23 heavy (non-hydrogen) atoms. The molecular formula is C17H20N4O2. The SMILES string of the molecule is CC(=O)N1CCN(C(=O)c2cnn(C)c2)C(c2ccccc2)C1. The van der Waals surface area contributed by atoms with Crippen molar-refractivity contribution < 1.29 is 9.59 Å². The van der Waals surface area contributed by atoms with E-state index in [-0.39, 0.29) is 17.9 Å². The Kier molecular flexibility index (Phi) is 4.14. The maximum atomic E-state index is 12.8. The molecule has 6 heteroatoms. The van der Waals surface area contributed by atoms with Gasteiger partial charge in [-0.25, -0.2) is 0 Å². The normalized spacial score (nSPS) is 18.1. The van der Waals surface area contributed by atoms with E-state index >= 15 is 0 Å². The third-order valence-corrected chi connectivity index (χ3v) is 4.22. The number of hydrogen-bond acceptors (Lipinski definition) is 3. The quantitative estimate of drug-likeness (QED) is 0.843. The topological polar surface area (TPSA) is 58.4 Å². The molecule has 0 bridgehead atoms. The van der Waals surface area contributed by atoms with Gasteiger partial charge in [0.05, 0.1) is 17.8 Å². The zero-order valence-corrected chi connectivity index (χ0v) is 13.3. The van der Waals surface area contributed by atoms with Crippen LogP contribution in [0.25, 0.3) is 0 Å². The van der Waals surface area contributed by atoms with Gasteiger partial charge in [0, 0.05) is 39.8 Å². The van der Waals surface area contributed by atoms with Crippen molar-refractivity contribution in [1.82, 2.24) is 19.6 Å². The molecule has 1 aliphatic heterocycles. The van der Waals surface area contributed by atoms with Gasteiger partial charge in [0.2, 0.25) is 5.91 Å². The van der Waals surface area contributed by atoms with Crippen LogP contribution in [0.4, 0.5) is 0 Å². The summed E-state index contributed by atoms with van der Waals surface area (Å²) in [5.41, 5.74) is 1.61. The van der Waals surface area contributed by atoms with Crippen LogP contribution in [-0.4, -0.2) is 51.0 Å². The minimum Gasteiger partial charge on any atom is -0.339 e. The molecule has 1 aliphatic rings. The first-order valence-electron chi connectivity index (χ1n) is 7.66. The Bertz CT molecular complexity index is 710. The van der Waals surface area contributed by atoms with Gasteiger partial charge in [-0.1, -0.05) is 30.3 Å². The fraction of sp³-hybridized carbons (Fsp3) is 0.353. The fourth-order valence-electron chi connectivity index (χ4n) is 2.97. The molecule has 1 fully saturated rings. The smallest absolute Gasteiger partial charge is 0.257 e. The Labute approximate surface area is 135 Å². The number of nitrogens with zero attached hydrogens (tertiary/aromatic N) is 4. The predicted octanol–water partition coefficient (Wildman–Crippen LogP) is 1.47. The highest BCUT2D eigenvalue weighted by Crippen LogP contribution is 2.27. The molecule has 0 aliphatic carbocycles. The third kappa shape index (κ3) is 3.11. The summed E-state index contributed by atoms with van der Waals surface area (Å²) in [5.74, 6) is -0.00503. The Morgan fingerprint density at radius 3 is 2.52 bits per heavy atom. The van der Waals surface area contributed by atoms with E-state index in [0.29, 0.717) is 25.2 Å². The standard InChI is InChI=1S/C17H20N4O2/c1-13(22)20-8-9-21(17(23)15-10-18-19(2)11-15)16(12-20)14-6-4-3-5-7-14/h3-7,10-11,16H,8-9,12H2,1-2H3. The number of aromatic nitrogens is 2. The molecule has 1 unspecified atom stereocenters. The van der Waals surface area contributed by atoms with E-state index in [2.05, 4.69) is 5.10 Å². The molecular weight excluding hydrogens is 292 g/mol. The van der Waals surface area contributed by atoms with Gasteiger partial charge in [0.25, 0.3) is 5.91 Å². The Morgan fingerprint density at radius 1 is 1.17 bits per heavy atom. The van der Waals surface area contributed by atoms with Crippen molar-refractivity contribution in [3.8, 4) is 0 Å². The van der Waals surface area contributed by atoms with Crippen molar-refractivity contribution in [3.63, 3.8) is 0 Å². The van der Waals surface area contributed by atoms with E-state index < -0.39 is 0 Å². The van der Waals surface area contributed by atoms with Gasteiger partial charge in [0.15, 0.2) is 0 Å². The summed E-state index contributed by atoms with van der Waals surface area (Å²) in [6.07, 6.45) is 3.31. The molecule has 0 radical (unpaired) electrons. The summed E-state index contributed by atoms with van der Waals surface area (Å²) in [6.45, 7) is 3.17. The highest BCUT2D eigenvalue weighted by Gasteiger charge is 2.33. The molecule has 1 atom stereocenters. The lowest BCUT2D eigenvalue weighted by molar-refractivity contribution is -0.131. The Balaban J connectivity index is 1.90. The minimum absolute atomic E-state index is 0.0411. The van der Waals surface area contributed by atoms with Crippen LogP contribution in [0.1, 0.15) is 28.9 Å². The predicted molar refractivity (Wildman–Crippen MR) is 85.7 cm³/mol. The first-order chi connectivity index (χ1) is 11.1. The van der Waals surface area contributed by atoms with E-state index in [9.17, 15) is 9.59 Å². The van der Waals surface area contributed by atoms with E-state index in [4.69, 9.17) is 0 Å².